The van der Waals surface area contributed by atoms with E-state index in [0.29, 0.717) is 6.61 Å². The Balaban J connectivity index is 1.99. The molecule has 1 amide bonds. The number of hydrogen-bond acceptors (Lipinski definition) is 2. The molecule has 3 nitrogen and oxygen atoms in total. The molecule has 17 heavy (non-hydrogen) atoms. The molecular weight excluding hydrogens is 214 g/mol. The lowest BCUT2D eigenvalue weighted by molar-refractivity contribution is -0.126. The summed E-state index contributed by atoms with van der Waals surface area (Å²) >= 11 is 0. The SMILES string of the molecule is Cc1cccc2c1OCC1(CCCC1)C(=O)N2. The highest BCUT2D eigenvalue weighted by Crippen LogP contribution is 2.43. The summed E-state index contributed by atoms with van der Waals surface area (Å²) in [6.07, 6.45) is 4.16. The largest absolute Gasteiger partial charge is 0.490 e. The van der Waals surface area contributed by atoms with Gasteiger partial charge in [-0.1, -0.05) is 25.0 Å². The third kappa shape index (κ3) is 1.61. The van der Waals surface area contributed by atoms with Crippen molar-refractivity contribution in [3.8, 4) is 5.75 Å². The molecule has 1 saturated carbocycles. The highest BCUT2D eigenvalue weighted by atomic mass is 16.5. The Morgan fingerprint density at radius 2 is 2.06 bits per heavy atom. The van der Waals surface area contributed by atoms with E-state index in [1.807, 2.05) is 25.1 Å². The van der Waals surface area contributed by atoms with E-state index in [9.17, 15) is 4.79 Å². The van der Waals surface area contributed by atoms with Crippen LogP contribution >= 0.6 is 0 Å². The smallest absolute Gasteiger partial charge is 0.234 e. The summed E-state index contributed by atoms with van der Waals surface area (Å²) in [5, 5.41) is 3.03. The molecule has 1 N–H and O–H groups in total. The number of aryl methyl sites for hydroxylation is 1. The van der Waals surface area contributed by atoms with Gasteiger partial charge in [0.2, 0.25) is 5.91 Å². The van der Waals surface area contributed by atoms with E-state index in [2.05, 4.69) is 5.32 Å². The van der Waals surface area contributed by atoms with Crippen LogP contribution in [0, 0.1) is 12.3 Å². The van der Waals surface area contributed by atoms with Gasteiger partial charge in [0, 0.05) is 0 Å². The summed E-state index contributed by atoms with van der Waals surface area (Å²) in [4.78, 5) is 12.3. The molecule has 3 heteroatoms. The van der Waals surface area contributed by atoms with Crippen LogP contribution in [0.1, 0.15) is 31.2 Å². The maximum absolute atomic E-state index is 12.3. The molecule has 1 fully saturated rings. The first-order valence-corrected chi connectivity index (χ1v) is 6.25. The fraction of sp³-hybridized carbons (Fsp3) is 0.500. The predicted octanol–water partition coefficient (Wildman–Crippen LogP) is 2.89. The maximum atomic E-state index is 12.3. The van der Waals surface area contributed by atoms with Crippen LogP contribution in [-0.2, 0) is 4.79 Å². The number of ether oxygens (including phenoxy) is 1. The number of carbonyl (C=O) groups is 1. The van der Waals surface area contributed by atoms with Gasteiger partial charge in [-0.05, 0) is 31.4 Å². The van der Waals surface area contributed by atoms with Crippen molar-refractivity contribution in [2.75, 3.05) is 11.9 Å². The molecule has 1 aliphatic carbocycles. The van der Waals surface area contributed by atoms with Crippen molar-refractivity contribution in [1.82, 2.24) is 0 Å². The van der Waals surface area contributed by atoms with E-state index in [4.69, 9.17) is 4.74 Å². The first kappa shape index (κ1) is 10.6. The Kier molecular flexibility index (Phi) is 2.35. The summed E-state index contributed by atoms with van der Waals surface area (Å²) in [5.74, 6) is 0.976. The molecule has 1 aliphatic heterocycles. The average molecular weight is 231 g/mol. The molecule has 1 heterocycles. The second kappa shape index (κ2) is 3.76. The first-order valence-electron chi connectivity index (χ1n) is 6.25. The zero-order chi connectivity index (χ0) is 11.9. The van der Waals surface area contributed by atoms with Gasteiger partial charge < -0.3 is 10.1 Å². The number of hydrogen-bond donors (Lipinski definition) is 1. The summed E-state index contributed by atoms with van der Waals surface area (Å²) < 4.78 is 5.90. The van der Waals surface area contributed by atoms with Crippen molar-refractivity contribution < 1.29 is 9.53 Å². The van der Waals surface area contributed by atoms with Crippen molar-refractivity contribution in [3.63, 3.8) is 0 Å². The highest BCUT2D eigenvalue weighted by Gasteiger charge is 2.43. The maximum Gasteiger partial charge on any atom is 0.234 e. The van der Waals surface area contributed by atoms with Gasteiger partial charge in [-0.3, -0.25) is 4.79 Å². The molecule has 0 unspecified atom stereocenters. The molecular formula is C14H17NO2. The number of rotatable bonds is 0. The van der Waals surface area contributed by atoms with Gasteiger partial charge in [0.05, 0.1) is 11.1 Å². The molecule has 0 bridgehead atoms. The quantitative estimate of drug-likeness (QED) is 0.745. The molecule has 2 aliphatic rings. The number of anilines is 1. The van der Waals surface area contributed by atoms with Gasteiger partial charge in [-0.25, -0.2) is 0 Å². The van der Waals surface area contributed by atoms with Crippen molar-refractivity contribution in [1.29, 1.82) is 0 Å². The molecule has 0 radical (unpaired) electrons. The van der Waals surface area contributed by atoms with E-state index in [-0.39, 0.29) is 11.3 Å². The minimum absolute atomic E-state index is 0.138. The number of para-hydroxylation sites is 1. The molecule has 1 aromatic rings. The Labute approximate surface area is 101 Å². The standard InChI is InChI=1S/C14H17NO2/c1-10-5-4-6-11-12(10)17-9-14(13(16)15-11)7-2-3-8-14/h4-6H,2-3,7-9H2,1H3,(H,15,16). The van der Waals surface area contributed by atoms with Crippen LogP contribution in [0.15, 0.2) is 18.2 Å². The van der Waals surface area contributed by atoms with Crippen molar-refractivity contribution in [3.05, 3.63) is 23.8 Å². The number of nitrogens with one attached hydrogen (secondary N) is 1. The van der Waals surface area contributed by atoms with Gasteiger partial charge in [0.25, 0.3) is 0 Å². The first-order chi connectivity index (χ1) is 8.21. The number of amides is 1. The third-order valence-corrected chi connectivity index (χ3v) is 4.00. The van der Waals surface area contributed by atoms with Gasteiger partial charge in [-0.2, -0.15) is 0 Å². The summed E-state index contributed by atoms with van der Waals surface area (Å²) in [6.45, 7) is 2.54. The Hall–Kier alpha value is -1.51. The van der Waals surface area contributed by atoms with Crippen LogP contribution in [-0.4, -0.2) is 12.5 Å². The second-order valence-electron chi connectivity index (χ2n) is 5.18. The average Bonchev–Trinajstić information content (AvgIpc) is 2.72. The van der Waals surface area contributed by atoms with Gasteiger partial charge >= 0.3 is 0 Å². The van der Waals surface area contributed by atoms with Crippen LogP contribution in [0.4, 0.5) is 5.69 Å². The van der Waals surface area contributed by atoms with Crippen LogP contribution in [0.5, 0.6) is 5.75 Å². The monoisotopic (exact) mass is 231 g/mol. The molecule has 0 atom stereocenters. The van der Waals surface area contributed by atoms with Crippen molar-refractivity contribution in [2.45, 2.75) is 32.6 Å². The zero-order valence-corrected chi connectivity index (χ0v) is 10.1. The Morgan fingerprint density at radius 1 is 1.29 bits per heavy atom. The third-order valence-electron chi connectivity index (χ3n) is 4.00. The number of carbonyl (C=O) groups excluding carboxylic acids is 1. The summed E-state index contributed by atoms with van der Waals surface area (Å²) in [6, 6.07) is 5.87. The van der Waals surface area contributed by atoms with Crippen molar-refractivity contribution in [2.24, 2.45) is 5.41 Å². The van der Waals surface area contributed by atoms with E-state index >= 15 is 0 Å². The Bertz CT molecular complexity index is 461. The highest BCUT2D eigenvalue weighted by molar-refractivity contribution is 5.97. The summed E-state index contributed by atoms with van der Waals surface area (Å²) in [5.41, 5.74) is 1.61. The lowest BCUT2D eigenvalue weighted by Crippen LogP contribution is -2.37. The fourth-order valence-electron chi connectivity index (χ4n) is 2.90. The van der Waals surface area contributed by atoms with E-state index in [1.165, 1.54) is 0 Å². The number of benzene rings is 1. The lowest BCUT2D eigenvalue weighted by Gasteiger charge is -2.23. The van der Waals surface area contributed by atoms with Crippen LogP contribution in [0.3, 0.4) is 0 Å². The lowest BCUT2D eigenvalue weighted by atomic mass is 9.86. The van der Waals surface area contributed by atoms with Gasteiger partial charge in [-0.15, -0.1) is 0 Å². The van der Waals surface area contributed by atoms with Gasteiger partial charge in [0.1, 0.15) is 12.4 Å². The van der Waals surface area contributed by atoms with E-state index < -0.39 is 0 Å². The normalized spacial score (nSPS) is 21.6. The fourth-order valence-corrected chi connectivity index (χ4v) is 2.90. The zero-order valence-electron chi connectivity index (χ0n) is 10.1. The van der Waals surface area contributed by atoms with Gasteiger partial charge in [0.15, 0.2) is 0 Å². The molecule has 3 rings (SSSR count). The summed E-state index contributed by atoms with van der Waals surface area (Å²) in [7, 11) is 0. The number of fused-ring (bicyclic) bond motifs is 1. The molecule has 90 valence electrons. The Morgan fingerprint density at radius 3 is 2.82 bits per heavy atom. The molecule has 1 aromatic carbocycles. The minimum atomic E-state index is -0.286. The van der Waals surface area contributed by atoms with E-state index in [0.717, 1.165) is 42.7 Å². The van der Waals surface area contributed by atoms with E-state index in [1.54, 1.807) is 0 Å². The molecule has 0 saturated heterocycles. The van der Waals surface area contributed by atoms with Crippen LogP contribution < -0.4 is 10.1 Å². The minimum Gasteiger partial charge on any atom is -0.490 e. The van der Waals surface area contributed by atoms with Crippen LogP contribution in [0.2, 0.25) is 0 Å². The predicted molar refractivity (Wildman–Crippen MR) is 66.2 cm³/mol. The molecule has 1 spiro atoms. The second-order valence-corrected chi connectivity index (χ2v) is 5.18. The van der Waals surface area contributed by atoms with Crippen LogP contribution in [0.25, 0.3) is 0 Å². The molecule has 0 aromatic heterocycles. The topological polar surface area (TPSA) is 38.3 Å². The van der Waals surface area contributed by atoms with Crippen molar-refractivity contribution >= 4 is 11.6 Å².